The number of amides is 1. The van der Waals surface area contributed by atoms with Crippen LogP contribution in [-0.4, -0.2) is 37.7 Å². The van der Waals surface area contributed by atoms with Gasteiger partial charge in [-0.1, -0.05) is 13.5 Å². The Hall–Kier alpha value is -0.920. The molecule has 16 heavy (non-hydrogen) atoms. The van der Waals surface area contributed by atoms with Gasteiger partial charge in [0.15, 0.2) is 0 Å². The van der Waals surface area contributed by atoms with E-state index in [9.17, 15) is 13.2 Å². The molecule has 0 rings (SSSR count). The normalized spacial score (nSPS) is 9.94. The van der Waals surface area contributed by atoms with Crippen LogP contribution in [0.5, 0.6) is 0 Å². The van der Waals surface area contributed by atoms with Gasteiger partial charge >= 0.3 is 0 Å². The first-order valence-electron chi connectivity index (χ1n) is 4.92. The molecule has 7 heteroatoms. The second-order valence-corrected chi connectivity index (χ2v) is 4.50. The maximum absolute atomic E-state index is 10.4. The molecule has 6 nitrogen and oxygen atoms in total. The van der Waals surface area contributed by atoms with Crippen molar-refractivity contribution in [3.8, 4) is 0 Å². The summed E-state index contributed by atoms with van der Waals surface area (Å²) >= 11 is 0. The van der Waals surface area contributed by atoms with Gasteiger partial charge in [-0.05, 0) is 25.5 Å². The maximum Gasteiger partial charge on any atom is 0.264 e. The minimum Gasteiger partial charge on any atom is -0.353 e. The molecule has 0 atom stereocenters. The summed E-state index contributed by atoms with van der Waals surface area (Å²) in [6, 6.07) is 0. The van der Waals surface area contributed by atoms with Crippen LogP contribution in [0.2, 0.25) is 0 Å². The monoisotopic (exact) mass is 252 g/mol. The average Bonchev–Trinajstić information content (AvgIpc) is 2.17. The Morgan fingerprint density at radius 2 is 2.12 bits per heavy atom. The fraction of sp³-hybridized carbons (Fsp3) is 0.667. The highest BCUT2D eigenvalue weighted by molar-refractivity contribution is 7.85. The van der Waals surface area contributed by atoms with E-state index in [0.29, 0.717) is 19.5 Å². The number of nitrogens with one attached hydrogen (secondary N) is 1. The molecule has 96 valence electrons. The van der Waals surface area contributed by atoms with Gasteiger partial charge in [-0.25, -0.2) is 0 Å². The summed E-state index contributed by atoms with van der Waals surface area (Å²) < 4.78 is 27.6. The molecule has 0 heterocycles. The first-order chi connectivity index (χ1) is 7.37. The van der Waals surface area contributed by atoms with Gasteiger partial charge in [-0.15, -0.1) is 0 Å². The summed E-state index contributed by atoms with van der Waals surface area (Å²) in [5, 5.41) is 2.60. The van der Waals surface area contributed by atoms with Crippen LogP contribution in [0.3, 0.4) is 0 Å². The SMILES string of the molecule is C=CC(=O)NCCCN.CCCS(=O)(=O)O. The second-order valence-electron chi connectivity index (χ2n) is 2.92. The minimum absolute atomic E-state index is 0.132. The van der Waals surface area contributed by atoms with Crippen molar-refractivity contribution in [2.24, 2.45) is 5.73 Å². The van der Waals surface area contributed by atoms with Crippen LogP contribution in [0.25, 0.3) is 0 Å². The number of nitrogens with two attached hydrogens (primary N) is 1. The lowest BCUT2D eigenvalue weighted by molar-refractivity contribution is -0.116. The van der Waals surface area contributed by atoms with E-state index in [1.165, 1.54) is 6.08 Å². The Labute approximate surface area is 96.7 Å². The lowest BCUT2D eigenvalue weighted by atomic mass is 10.4. The highest BCUT2D eigenvalue weighted by atomic mass is 32.2. The summed E-state index contributed by atoms with van der Waals surface area (Å²) in [5.41, 5.74) is 5.18. The fourth-order valence-electron chi connectivity index (χ4n) is 0.644. The van der Waals surface area contributed by atoms with Crippen LogP contribution >= 0.6 is 0 Å². The Kier molecular flexibility index (Phi) is 11.6. The van der Waals surface area contributed by atoms with Crippen molar-refractivity contribution in [3.63, 3.8) is 0 Å². The highest BCUT2D eigenvalue weighted by Crippen LogP contribution is 1.83. The van der Waals surface area contributed by atoms with E-state index < -0.39 is 10.1 Å². The average molecular weight is 252 g/mol. The van der Waals surface area contributed by atoms with E-state index in [0.717, 1.165) is 6.42 Å². The molecule has 0 aromatic carbocycles. The summed E-state index contributed by atoms with van der Waals surface area (Å²) in [6.45, 7) is 6.23. The van der Waals surface area contributed by atoms with Crippen molar-refractivity contribution < 1.29 is 17.8 Å². The summed E-state index contributed by atoms with van der Waals surface area (Å²) in [5.74, 6) is -0.268. The third-order valence-electron chi connectivity index (χ3n) is 1.33. The Morgan fingerprint density at radius 3 is 2.38 bits per heavy atom. The molecular formula is C9H20N2O4S. The molecule has 0 saturated heterocycles. The Morgan fingerprint density at radius 1 is 1.56 bits per heavy atom. The zero-order chi connectivity index (χ0) is 13.0. The molecular weight excluding hydrogens is 232 g/mol. The number of hydrogen-bond acceptors (Lipinski definition) is 4. The summed E-state index contributed by atoms with van der Waals surface area (Å²) in [6.07, 6.45) is 2.54. The van der Waals surface area contributed by atoms with E-state index >= 15 is 0 Å². The van der Waals surface area contributed by atoms with Crippen molar-refractivity contribution in [2.75, 3.05) is 18.8 Å². The van der Waals surface area contributed by atoms with Crippen LogP contribution in [0.4, 0.5) is 0 Å². The molecule has 0 unspecified atom stereocenters. The van der Waals surface area contributed by atoms with E-state index in [4.69, 9.17) is 10.3 Å². The molecule has 1 amide bonds. The van der Waals surface area contributed by atoms with Crippen molar-refractivity contribution in [2.45, 2.75) is 19.8 Å². The lowest BCUT2D eigenvalue weighted by Gasteiger charge is -1.97. The van der Waals surface area contributed by atoms with Crippen LogP contribution in [0, 0.1) is 0 Å². The predicted octanol–water partition coefficient (Wildman–Crippen LogP) is -0.0784. The number of hydrogen-bond donors (Lipinski definition) is 3. The first-order valence-corrected chi connectivity index (χ1v) is 6.53. The third-order valence-corrected chi connectivity index (χ3v) is 2.25. The Balaban J connectivity index is 0. The van der Waals surface area contributed by atoms with Crippen LogP contribution in [0.1, 0.15) is 19.8 Å². The second kappa shape index (κ2) is 10.6. The van der Waals surface area contributed by atoms with Gasteiger partial charge < -0.3 is 11.1 Å². The van der Waals surface area contributed by atoms with Crippen LogP contribution in [-0.2, 0) is 14.9 Å². The van der Waals surface area contributed by atoms with Gasteiger partial charge in [0, 0.05) is 6.54 Å². The molecule has 0 aliphatic heterocycles. The van der Waals surface area contributed by atoms with Crippen LogP contribution in [0.15, 0.2) is 12.7 Å². The zero-order valence-corrected chi connectivity index (χ0v) is 10.3. The topological polar surface area (TPSA) is 109 Å². The Bertz CT molecular complexity index is 288. The predicted molar refractivity (Wildman–Crippen MR) is 63.6 cm³/mol. The van der Waals surface area contributed by atoms with E-state index in [-0.39, 0.29) is 11.7 Å². The summed E-state index contributed by atoms with van der Waals surface area (Å²) in [7, 11) is -3.67. The van der Waals surface area contributed by atoms with E-state index in [2.05, 4.69) is 11.9 Å². The van der Waals surface area contributed by atoms with Gasteiger partial charge in [-0.3, -0.25) is 9.35 Å². The summed E-state index contributed by atoms with van der Waals surface area (Å²) in [4.78, 5) is 10.4. The van der Waals surface area contributed by atoms with Crippen molar-refractivity contribution in [3.05, 3.63) is 12.7 Å². The standard InChI is InChI=1S/C6H12N2O.C3H8O3S/c1-2-6(9)8-5-3-4-7;1-2-3-7(4,5)6/h2H,1,3-5,7H2,(H,8,9);2-3H2,1H3,(H,4,5,6). The molecule has 4 N–H and O–H groups in total. The molecule has 0 aliphatic rings. The molecule has 0 fully saturated rings. The van der Waals surface area contributed by atoms with Gasteiger partial charge in [0.05, 0.1) is 5.75 Å². The molecule has 0 aliphatic carbocycles. The molecule has 0 aromatic heterocycles. The fourth-order valence-corrected chi connectivity index (χ4v) is 1.16. The quantitative estimate of drug-likeness (QED) is 0.348. The third kappa shape index (κ3) is 18.8. The first kappa shape index (κ1) is 17.5. The maximum atomic E-state index is 10.4. The smallest absolute Gasteiger partial charge is 0.264 e. The molecule has 0 spiro atoms. The largest absolute Gasteiger partial charge is 0.353 e. The van der Waals surface area contributed by atoms with Gasteiger partial charge in [0.25, 0.3) is 10.1 Å². The van der Waals surface area contributed by atoms with E-state index in [1.807, 2.05) is 0 Å². The number of carbonyl (C=O) groups is 1. The van der Waals surface area contributed by atoms with Gasteiger partial charge in [-0.2, -0.15) is 8.42 Å². The zero-order valence-electron chi connectivity index (χ0n) is 9.48. The molecule has 0 bridgehead atoms. The minimum atomic E-state index is -3.67. The number of rotatable bonds is 6. The number of carbonyl (C=O) groups excluding carboxylic acids is 1. The van der Waals surface area contributed by atoms with Crippen molar-refractivity contribution >= 4 is 16.0 Å². The molecule has 0 radical (unpaired) electrons. The molecule has 0 saturated carbocycles. The van der Waals surface area contributed by atoms with Crippen molar-refractivity contribution in [1.82, 2.24) is 5.32 Å². The van der Waals surface area contributed by atoms with Crippen molar-refractivity contribution in [1.29, 1.82) is 0 Å². The van der Waals surface area contributed by atoms with E-state index in [1.54, 1.807) is 6.92 Å². The highest BCUT2D eigenvalue weighted by Gasteiger charge is 1.98. The van der Waals surface area contributed by atoms with Gasteiger partial charge in [0.2, 0.25) is 5.91 Å². The molecule has 0 aromatic rings. The lowest BCUT2D eigenvalue weighted by Crippen LogP contribution is -2.23. The van der Waals surface area contributed by atoms with Crippen LogP contribution < -0.4 is 11.1 Å². The van der Waals surface area contributed by atoms with Gasteiger partial charge in [0.1, 0.15) is 0 Å².